The van der Waals surface area contributed by atoms with Gasteiger partial charge in [-0.1, -0.05) is 18.2 Å². The summed E-state index contributed by atoms with van der Waals surface area (Å²) in [6.45, 7) is 1.53. The minimum Gasteiger partial charge on any atom is -0.496 e. The van der Waals surface area contributed by atoms with Gasteiger partial charge < -0.3 is 14.4 Å². The number of hydrogen-bond acceptors (Lipinski definition) is 4. The van der Waals surface area contributed by atoms with Crippen LogP contribution >= 0.6 is 15.9 Å². The van der Waals surface area contributed by atoms with Crippen LogP contribution in [0.1, 0.15) is 35.3 Å². The monoisotopic (exact) mass is 435 g/mol. The molecule has 1 unspecified atom stereocenters. The van der Waals surface area contributed by atoms with E-state index in [0.29, 0.717) is 23.3 Å². The van der Waals surface area contributed by atoms with Crippen molar-refractivity contribution in [2.45, 2.75) is 25.5 Å². The Kier molecular flexibility index (Phi) is 5.79. The molecule has 0 bridgehead atoms. The van der Waals surface area contributed by atoms with Crippen LogP contribution in [0.25, 0.3) is 0 Å². The lowest BCUT2D eigenvalue weighted by molar-refractivity contribution is -0.145. The fraction of sp³-hybridized carbons (Fsp3) is 0.300. The Balaban J connectivity index is 1.95. The van der Waals surface area contributed by atoms with Gasteiger partial charge in [-0.3, -0.25) is 9.59 Å². The van der Waals surface area contributed by atoms with Gasteiger partial charge in [0, 0.05) is 24.5 Å². The number of benzene rings is 2. The second-order valence-electron chi connectivity index (χ2n) is 6.31. The van der Waals surface area contributed by atoms with Crippen molar-refractivity contribution >= 4 is 27.8 Å². The van der Waals surface area contributed by atoms with Crippen LogP contribution in [0.15, 0.2) is 46.9 Å². The Hall–Kier alpha value is -2.41. The van der Waals surface area contributed by atoms with E-state index >= 15 is 0 Å². The van der Waals surface area contributed by atoms with E-state index in [0.717, 1.165) is 4.47 Å². The van der Waals surface area contributed by atoms with Crippen molar-refractivity contribution in [2.24, 2.45) is 0 Å². The van der Waals surface area contributed by atoms with E-state index < -0.39 is 23.9 Å². The molecular formula is C20H19BrFNO4. The molecule has 2 aromatic rings. The van der Waals surface area contributed by atoms with Gasteiger partial charge in [0.25, 0.3) is 5.91 Å². The molecule has 2 aromatic carbocycles. The van der Waals surface area contributed by atoms with E-state index in [4.69, 9.17) is 9.47 Å². The second kappa shape index (κ2) is 8.08. The summed E-state index contributed by atoms with van der Waals surface area (Å²) in [4.78, 5) is 26.1. The summed E-state index contributed by atoms with van der Waals surface area (Å²) in [7, 11) is 1.52. The van der Waals surface area contributed by atoms with Crippen LogP contribution in [0.2, 0.25) is 0 Å². The van der Waals surface area contributed by atoms with Gasteiger partial charge in [0.05, 0.1) is 24.2 Å². The summed E-state index contributed by atoms with van der Waals surface area (Å²) >= 11 is 3.36. The Labute approximate surface area is 165 Å². The predicted octanol–water partition coefficient (Wildman–Crippen LogP) is 4.12. The highest BCUT2D eigenvalue weighted by Crippen LogP contribution is 2.36. The molecule has 1 heterocycles. The van der Waals surface area contributed by atoms with Crippen LogP contribution in [0, 0.1) is 5.82 Å². The molecule has 5 nitrogen and oxygen atoms in total. The molecular weight excluding hydrogens is 417 g/mol. The summed E-state index contributed by atoms with van der Waals surface area (Å²) in [6.07, 6.45) is -0.131. The first-order valence-corrected chi connectivity index (χ1v) is 9.26. The lowest BCUT2D eigenvalue weighted by Crippen LogP contribution is -2.32. The number of esters is 1. The maximum Gasteiger partial charge on any atom is 0.302 e. The van der Waals surface area contributed by atoms with E-state index in [1.165, 1.54) is 20.1 Å². The quantitative estimate of drug-likeness (QED) is 0.677. The molecule has 0 spiro atoms. The van der Waals surface area contributed by atoms with Crippen molar-refractivity contribution in [1.29, 1.82) is 0 Å². The van der Waals surface area contributed by atoms with Gasteiger partial charge in [0.2, 0.25) is 0 Å². The summed E-state index contributed by atoms with van der Waals surface area (Å²) in [6, 6.07) is 10.8. The number of nitrogens with zero attached hydrogens (tertiary/aromatic N) is 1. The van der Waals surface area contributed by atoms with Gasteiger partial charge in [-0.05, 0) is 40.2 Å². The standard InChI is InChI=1S/C20H19BrFNO4/c1-12(24)27-14-10-18(15-5-3-4-6-17(15)22)23(11-14)20(25)13-7-8-16(21)19(9-13)26-2/h3-9,14,18H,10-11H2,1-2H3/t14?,18-/m1/s1. The van der Waals surface area contributed by atoms with Gasteiger partial charge >= 0.3 is 5.97 Å². The lowest BCUT2D eigenvalue weighted by atomic mass is 10.0. The van der Waals surface area contributed by atoms with E-state index in [1.807, 2.05) is 0 Å². The van der Waals surface area contributed by atoms with Crippen LogP contribution < -0.4 is 4.74 Å². The smallest absolute Gasteiger partial charge is 0.302 e. The molecule has 1 aliphatic rings. The zero-order chi connectivity index (χ0) is 19.6. The van der Waals surface area contributed by atoms with Crippen LogP contribution in [0.3, 0.4) is 0 Å². The molecule has 0 saturated carbocycles. The second-order valence-corrected chi connectivity index (χ2v) is 7.17. The van der Waals surface area contributed by atoms with Gasteiger partial charge in [0.1, 0.15) is 17.7 Å². The molecule has 1 aliphatic heterocycles. The first-order valence-electron chi connectivity index (χ1n) is 8.47. The van der Waals surface area contributed by atoms with E-state index in [1.54, 1.807) is 41.3 Å². The summed E-state index contributed by atoms with van der Waals surface area (Å²) in [5.41, 5.74) is 0.824. The Morgan fingerprint density at radius 3 is 2.63 bits per heavy atom. The third-order valence-corrected chi connectivity index (χ3v) is 5.17. The van der Waals surface area contributed by atoms with Crippen LogP contribution in [-0.2, 0) is 9.53 Å². The first kappa shape index (κ1) is 19.4. The third-order valence-electron chi connectivity index (χ3n) is 4.52. The largest absolute Gasteiger partial charge is 0.496 e. The molecule has 0 radical (unpaired) electrons. The number of ether oxygens (including phenoxy) is 2. The van der Waals surface area contributed by atoms with Crippen LogP contribution in [-0.4, -0.2) is 36.5 Å². The number of carbonyl (C=O) groups is 2. The molecule has 3 rings (SSSR count). The Bertz CT molecular complexity index is 873. The number of carbonyl (C=O) groups excluding carboxylic acids is 2. The molecule has 0 aromatic heterocycles. The SMILES string of the molecule is COc1cc(C(=O)N2CC(OC(C)=O)C[C@@H]2c2ccccc2F)ccc1Br. The van der Waals surface area contributed by atoms with Gasteiger partial charge in [-0.15, -0.1) is 0 Å². The molecule has 0 aliphatic carbocycles. The summed E-state index contributed by atoms with van der Waals surface area (Å²) in [5.74, 6) is -0.563. The Morgan fingerprint density at radius 2 is 1.96 bits per heavy atom. The summed E-state index contributed by atoms with van der Waals surface area (Å²) < 4.78 is 25.6. The zero-order valence-electron chi connectivity index (χ0n) is 14.9. The van der Waals surface area contributed by atoms with Crippen LogP contribution in [0.5, 0.6) is 5.75 Å². The van der Waals surface area contributed by atoms with Gasteiger partial charge in [-0.25, -0.2) is 4.39 Å². The number of methoxy groups -OCH3 is 1. The number of halogens is 2. The number of likely N-dealkylation sites (tertiary alicyclic amines) is 1. The van der Waals surface area contributed by atoms with Crippen molar-refractivity contribution in [1.82, 2.24) is 4.90 Å². The lowest BCUT2D eigenvalue weighted by Gasteiger charge is -2.25. The number of hydrogen-bond donors (Lipinski definition) is 0. The van der Waals surface area contributed by atoms with Crippen molar-refractivity contribution in [3.63, 3.8) is 0 Å². The number of amides is 1. The van der Waals surface area contributed by atoms with Crippen molar-refractivity contribution < 1.29 is 23.5 Å². The Morgan fingerprint density at radius 1 is 1.22 bits per heavy atom. The molecule has 2 atom stereocenters. The molecule has 1 amide bonds. The average molecular weight is 436 g/mol. The molecule has 1 saturated heterocycles. The van der Waals surface area contributed by atoms with Gasteiger partial charge in [-0.2, -0.15) is 0 Å². The zero-order valence-corrected chi connectivity index (χ0v) is 16.5. The fourth-order valence-corrected chi connectivity index (χ4v) is 3.75. The third kappa shape index (κ3) is 4.13. The van der Waals surface area contributed by atoms with Crippen molar-refractivity contribution in [3.05, 3.63) is 63.9 Å². The summed E-state index contributed by atoms with van der Waals surface area (Å²) in [5, 5.41) is 0. The average Bonchev–Trinajstić information content (AvgIpc) is 3.04. The van der Waals surface area contributed by atoms with Crippen LogP contribution in [0.4, 0.5) is 4.39 Å². The predicted molar refractivity (Wildman–Crippen MR) is 101 cm³/mol. The molecule has 7 heteroatoms. The fourth-order valence-electron chi connectivity index (χ4n) is 3.34. The molecule has 0 N–H and O–H groups in total. The molecule has 27 heavy (non-hydrogen) atoms. The number of rotatable bonds is 4. The minimum absolute atomic E-state index is 0.204. The maximum atomic E-state index is 14.4. The van der Waals surface area contributed by atoms with E-state index in [9.17, 15) is 14.0 Å². The normalized spacial score (nSPS) is 19.0. The highest BCUT2D eigenvalue weighted by molar-refractivity contribution is 9.10. The highest BCUT2D eigenvalue weighted by atomic mass is 79.9. The van der Waals surface area contributed by atoms with Crippen molar-refractivity contribution in [2.75, 3.05) is 13.7 Å². The first-order chi connectivity index (χ1) is 12.9. The molecule has 142 valence electrons. The topological polar surface area (TPSA) is 55.8 Å². The minimum atomic E-state index is -0.516. The van der Waals surface area contributed by atoms with Gasteiger partial charge in [0.15, 0.2) is 0 Å². The van der Waals surface area contributed by atoms with E-state index in [-0.39, 0.29) is 12.5 Å². The molecule has 1 fully saturated rings. The van der Waals surface area contributed by atoms with E-state index in [2.05, 4.69) is 15.9 Å². The highest BCUT2D eigenvalue weighted by Gasteiger charge is 2.39. The maximum absolute atomic E-state index is 14.4. The van der Waals surface area contributed by atoms with Crippen molar-refractivity contribution in [3.8, 4) is 5.75 Å².